The Morgan fingerprint density at radius 3 is 2.84 bits per heavy atom. The minimum Gasteiger partial charge on any atom is -0.480 e. The van der Waals surface area contributed by atoms with E-state index in [4.69, 9.17) is 0 Å². The van der Waals surface area contributed by atoms with Gasteiger partial charge in [0.1, 0.15) is 6.04 Å². The predicted molar refractivity (Wildman–Crippen MR) is 74.3 cm³/mol. The van der Waals surface area contributed by atoms with Crippen LogP contribution in [0.1, 0.15) is 30.7 Å². The van der Waals surface area contributed by atoms with Gasteiger partial charge >= 0.3 is 5.97 Å². The molecule has 1 aromatic heterocycles. The van der Waals surface area contributed by atoms with Crippen molar-refractivity contribution in [2.45, 2.75) is 38.8 Å². The fourth-order valence-corrected chi connectivity index (χ4v) is 3.08. The second kappa shape index (κ2) is 3.84. The monoisotopic (exact) mass is 258 g/mol. The molecule has 19 heavy (non-hydrogen) atoms. The van der Waals surface area contributed by atoms with Crippen molar-refractivity contribution in [3.05, 3.63) is 35.0 Å². The van der Waals surface area contributed by atoms with Crippen molar-refractivity contribution in [3.63, 3.8) is 0 Å². The standard InChI is InChI=1S/C15H18N2O2/c1-8-5-4-6-9-10-7-11(14(18)19)17-15(2,3)13(10)16-12(8)9/h4-6,11,16-17H,7H2,1-3H3,(H,18,19). The molecule has 2 heterocycles. The lowest BCUT2D eigenvalue weighted by molar-refractivity contribution is -0.140. The summed E-state index contributed by atoms with van der Waals surface area (Å²) in [5.74, 6) is -0.791. The lowest BCUT2D eigenvalue weighted by Crippen LogP contribution is -2.52. The van der Waals surface area contributed by atoms with Crippen molar-refractivity contribution < 1.29 is 9.90 Å². The van der Waals surface area contributed by atoms with Gasteiger partial charge in [-0.25, -0.2) is 0 Å². The van der Waals surface area contributed by atoms with Crippen LogP contribution in [0.15, 0.2) is 18.2 Å². The number of carboxylic acids is 1. The maximum atomic E-state index is 11.3. The number of rotatable bonds is 1. The SMILES string of the molecule is Cc1cccc2c3c([nH]c12)C(C)(C)NC(C(=O)O)C3. The van der Waals surface area contributed by atoms with Crippen LogP contribution in [0.4, 0.5) is 0 Å². The average Bonchev–Trinajstić information content (AvgIpc) is 2.70. The molecule has 0 radical (unpaired) electrons. The molecule has 4 heteroatoms. The molecule has 3 N–H and O–H groups in total. The van der Waals surface area contributed by atoms with Crippen molar-refractivity contribution in [1.82, 2.24) is 10.3 Å². The number of H-pyrrole nitrogens is 1. The molecule has 3 rings (SSSR count). The highest BCUT2D eigenvalue weighted by Crippen LogP contribution is 2.35. The summed E-state index contributed by atoms with van der Waals surface area (Å²) in [6.07, 6.45) is 0.525. The van der Waals surface area contributed by atoms with Crippen LogP contribution in [-0.2, 0) is 16.8 Å². The number of hydrogen-bond acceptors (Lipinski definition) is 2. The number of aromatic amines is 1. The fraction of sp³-hybridized carbons (Fsp3) is 0.400. The second-order valence-corrected chi connectivity index (χ2v) is 5.84. The molecule has 0 aliphatic carbocycles. The first-order valence-corrected chi connectivity index (χ1v) is 6.51. The van der Waals surface area contributed by atoms with Crippen LogP contribution >= 0.6 is 0 Å². The van der Waals surface area contributed by atoms with Gasteiger partial charge < -0.3 is 10.1 Å². The molecule has 0 fully saturated rings. The molecule has 4 nitrogen and oxygen atoms in total. The highest BCUT2D eigenvalue weighted by Gasteiger charge is 2.37. The van der Waals surface area contributed by atoms with Gasteiger partial charge in [0, 0.05) is 23.0 Å². The Labute approximate surface area is 111 Å². The molecule has 0 saturated heterocycles. The van der Waals surface area contributed by atoms with Gasteiger partial charge in [-0.05, 0) is 31.9 Å². The van der Waals surface area contributed by atoms with Crippen molar-refractivity contribution in [1.29, 1.82) is 0 Å². The fourth-order valence-electron chi connectivity index (χ4n) is 3.08. The van der Waals surface area contributed by atoms with E-state index in [1.54, 1.807) is 0 Å². The number of carboxylic acid groups (broad SMARTS) is 1. The lowest BCUT2D eigenvalue weighted by Gasteiger charge is -2.35. The van der Waals surface area contributed by atoms with Gasteiger partial charge in [-0.2, -0.15) is 0 Å². The normalized spacial score (nSPS) is 21.3. The first kappa shape index (κ1) is 12.2. The van der Waals surface area contributed by atoms with Crippen LogP contribution in [0, 0.1) is 6.92 Å². The largest absolute Gasteiger partial charge is 0.480 e. The quantitative estimate of drug-likeness (QED) is 0.735. The zero-order chi connectivity index (χ0) is 13.8. The van der Waals surface area contributed by atoms with Gasteiger partial charge in [0.05, 0.1) is 5.54 Å². The zero-order valence-electron chi connectivity index (χ0n) is 11.4. The van der Waals surface area contributed by atoms with Crippen LogP contribution in [0.25, 0.3) is 10.9 Å². The van der Waals surface area contributed by atoms with E-state index in [1.165, 1.54) is 5.56 Å². The topological polar surface area (TPSA) is 65.1 Å². The van der Waals surface area contributed by atoms with E-state index in [0.717, 1.165) is 22.2 Å². The summed E-state index contributed by atoms with van der Waals surface area (Å²) in [5.41, 5.74) is 4.19. The molecule has 1 aromatic carbocycles. The first-order valence-electron chi connectivity index (χ1n) is 6.51. The Balaban J connectivity index is 2.26. The molecule has 0 amide bonds. The summed E-state index contributed by atoms with van der Waals surface area (Å²) in [6.45, 7) is 6.11. The van der Waals surface area contributed by atoms with Gasteiger partial charge in [-0.1, -0.05) is 18.2 Å². The van der Waals surface area contributed by atoms with Gasteiger partial charge in [0.15, 0.2) is 0 Å². The third-order valence-corrected chi connectivity index (χ3v) is 4.02. The van der Waals surface area contributed by atoms with E-state index in [2.05, 4.69) is 29.4 Å². The van der Waals surface area contributed by atoms with E-state index in [-0.39, 0.29) is 5.54 Å². The summed E-state index contributed by atoms with van der Waals surface area (Å²) in [5, 5.41) is 13.6. The lowest BCUT2D eigenvalue weighted by atomic mass is 9.86. The van der Waals surface area contributed by atoms with Crippen LogP contribution in [0.3, 0.4) is 0 Å². The van der Waals surface area contributed by atoms with Gasteiger partial charge in [-0.15, -0.1) is 0 Å². The number of aryl methyl sites for hydroxylation is 1. The number of hydrogen-bond donors (Lipinski definition) is 3. The average molecular weight is 258 g/mol. The maximum Gasteiger partial charge on any atom is 0.321 e. The zero-order valence-corrected chi connectivity index (χ0v) is 11.4. The van der Waals surface area contributed by atoms with Crippen LogP contribution < -0.4 is 5.32 Å². The molecule has 1 aliphatic heterocycles. The van der Waals surface area contributed by atoms with E-state index in [9.17, 15) is 9.90 Å². The molecule has 1 aliphatic rings. The Kier molecular flexibility index (Phi) is 2.47. The summed E-state index contributed by atoms with van der Waals surface area (Å²) >= 11 is 0. The van der Waals surface area contributed by atoms with Crippen molar-refractivity contribution in [3.8, 4) is 0 Å². The number of carbonyl (C=O) groups is 1. The molecule has 0 spiro atoms. The van der Waals surface area contributed by atoms with E-state index in [1.807, 2.05) is 19.9 Å². The number of aliphatic carboxylic acids is 1. The summed E-state index contributed by atoms with van der Waals surface area (Å²) in [4.78, 5) is 14.8. The molecule has 1 unspecified atom stereocenters. The third kappa shape index (κ3) is 1.75. The minimum absolute atomic E-state index is 0.359. The van der Waals surface area contributed by atoms with E-state index < -0.39 is 12.0 Å². The highest BCUT2D eigenvalue weighted by molar-refractivity contribution is 5.89. The highest BCUT2D eigenvalue weighted by atomic mass is 16.4. The predicted octanol–water partition coefficient (Wildman–Crippen LogP) is 2.31. The minimum atomic E-state index is -0.791. The van der Waals surface area contributed by atoms with Crippen LogP contribution in [0.2, 0.25) is 0 Å². The molecule has 0 saturated carbocycles. The smallest absolute Gasteiger partial charge is 0.321 e. The molecule has 0 bridgehead atoms. The first-order chi connectivity index (χ1) is 8.90. The Hall–Kier alpha value is -1.81. The van der Waals surface area contributed by atoms with Gasteiger partial charge in [0.2, 0.25) is 0 Å². The Morgan fingerprint density at radius 2 is 2.16 bits per heavy atom. The van der Waals surface area contributed by atoms with Crippen molar-refractivity contribution in [2.24, 2.45) is 0 Å². The molecular formula is C15H18N2O2. The second-order valence-electron chi connectivity index (χ2n) is 5.84. The molecule has 100 valence electrons. The Bertz CT molecular complexity index is 670. The molecule has 1 atom stereocenters. The summed E-state index contributed by atoms with van der Waals surface area (Å²) in [7, 11) is 0. The Morgan fingerprint density at radius 1 is 1.42 bits per heavy atom. The van der Waals surface area contributed by atoms with E-state index in [0.29, 0.717) is 6.42 Å². The molecular weight excluding hydrogens is 240 g/mol. The summed E-state index contributed by atoms with van der Waals surface area (Å²) < 4.78 is 0. The van der Waals surface area contributed by atoms with Crippen molar-refractivity contribution >= 4 is 16.9 Å². The van der Waals surface area contributed by atoms with E-state index >= 15 is 0 Å². The van der Waals surface area contributed by atoms with Crippen LogP contribution in [0.5, 0.6) is 0 Å². The number of benzene rings is 1. The number of aromatic nitrogens is 1. The van der Waals surface area contributed by atoms with Gasteiger partial charge in [-0.3, -0.25) is 10.1 Å². The maximum absolute atomic E-state index is 11.3. The number of para-hydroxylation sites is 1. The number of nitrogens with one attached hydrogen (secondary N) is 2. The van der Waals surface area contributed by atoms with Crippen molar-refractivity contribution in [2.75, 3.05) is 0 Å². The molecule has 2 aromatic rings. The number of fused-ring (bicyclic) bond motifs is 3. The van der Waals surface area contributed by atoms with Gasteiger partial charge in [0.25, 0.3) is 0 Å². The third-order valence-electron chi connectivity index (χ3n) is 4.02. The summed E-state index contributed by atoms with van der Waals surface area (Å²) in [6, 6.07) is 5.63. The van der Waals surface area contributed by atoms with Crippen LogP contribution in [-0.4, -0.2) is 22.1 Å².